The van der Waals surface area contributed by atoms with Crippen molar-refractivity contribution >= 4 is 11.6 Å². The molecule has 2 N–H and O–H groups in total. The van der Waals surface area contributed by atoms with Crippen LogP contribution in [0.4, 0.5) is 14.5 Å². The highest BCUT2D eigenvalue weighted by molar-refractivity contribution is 5.92. The zero-order valence-electron chi connectivity index (χ0n) is 15.4. The van der Waals surface area contributed by atoms with Gasteiger partial charge in [0, 0.05) is 25.7 Å². The Bertz CT molecular complexity index is 996. The third-order valence-electron chi connectivity index (χ3n) is 4.77. The number of anilines is 1. The number of tetrazole rings is 1. The Labute approximate surface area is 165 Å². The van der Waals surface area contributed by atoms with Crippen molar-refractivity contribution in [1.29, 1.82) is 0 Å². The first-order valence-corrected chi connectivity index (χ1v) is 9.13. The van der Waals surface area contributed by atoms with Crippen molar-refractivity contribution in [2.45, 2.75) is 6.04 Å². The van der Waals surface area contributed by atoms with E-state index in [1.54, 1.807) is 6.07 Å². The lowest BCUT2D eigenvalue weighted by molar-refractivity contribution is -0.118. The van der Waals surface area contributed by atoms with Crippen LogP contribution in [0.3, 0.4) is 0 Å². The third kappa shape index (κ3) is 4.44. The number of hydrogen-bond donors (Lipinski definition) is 2. The number of carbonyl (C=O) groups excluding carboxylic acids is 1. The Morgan fingerprint density at radius 2 is 2.14 bits per heavy atom. The van der Waals surface area contributed by atoms with Crippen molar-refractivity contribution < 1.29 is 13.6 Å². The van der Waals surface area contributed by atoms with E-state index in [2.05, 4.69) is 26.2 Å². The minimum absolute atomic E-state index is 0.0421. The topological polar surface area (TPSA) is 88.0 Å². The monoisotopic (exact) mass is 399 g/mol. The van der Waals surface area contributed by atoms with Crippen molar-refractivity contribution in [1.82, 2.24) is 30.4 Å². The predicted octanol–water partition coefficient (Wildman–Crippen LogP) is 1.53. The summed E-state index contributed by atoms with van der Waals surface area (Å²) in [5, 5.41) is 16.7. The van der Waals surface area contributed by atoms with Gasteiger partial charge in [-0.05, 0) is 46.3 Å². The summed E-state index contributed by atoms with van der Waals surface area (Å²) < 4.78 is 29.2. The van der Waals surface area contributed by atoms with Crippen molar-refractivity contribution in [3.63, 3.8) is 0 Å². The summed E-state index contributed by atoms with van der Waals surface area (Å²) in [5.74, 6) is -1.24. The molecule has 2 heterocycles. The third-order valence-corrected chi connectivity index (χ3v) is 4.77. The number of nitrogens with zero attached hydrogens (tertiary/aromatic N) is 5. The maximum atomic E-state index is 14.2. The van der Waals surface area contributed by atoms with Crippen LogP contribution in [0.2, 0.25) is 0 Å². The summed E-state index contributed by atoms with van der Waals surface area (Å²) in [4.78, 5) is 14.6. The summed E-state index contributed by atoms with van der Waals surface area (Å²) in [6, 6.07) is 10.4. The molecule has 2 aromatic carbocycles. The van der Waals surface area contributed by atoms with Crippen LogP contribution >= 0.6 is 0 Å². The lowest BCUT2D eigenvalue weighted by atomic mass is 10.0. The molecule has 1 aliphatic heterocycles. The van der Waals surface area contributed by atoms with Gasteiger partial charge in [0.25, 0.3) is 0 Å². The van der Waals surface area contributed by atoms with Crippen LogP contribution < -0.4 is 10.6 Å². The quantitative estimate of drug-likeness (QED) is 0.677. The van der Waals surface area contributed by atoms with Gasteiger partial charge >= 0.3 is 0 Å². The highest BCUT2D eigenvalue weighted by Crippen LogP contribution is 2.23. The van der Waals surface area contributed by atoms with Gasteiger partial charge in [-0.25, -0.2) is 13.5 Å². The zero-order valence-corrected chi connectivity index (χ0v) is 15.4. The van der Waals surface area contributed by atoms with E-state index in [1.807, 2.05) is 11.0 Å². The van der Waals surface area contributed by atoms with Gasteiger partial charge in [-0.1, -0.05) is 12.1 Å². The van der Waals surface area contributed by atoms with Gasteiger partial charge in [0.05, 0.1) is 17.9 Å². The van der Waals surface area contributed by atoms with Gasteiger partial charge in [0.1, 0.15) is 18.0 Å². The minimum atomic E-state index is -0.558. The molecule has 1 saturated heterocycles. The molecule has 0 spiro atoms. The minimum Gasteiger partial charge on any atom is -0.322 e. The highest BCUT2D eigenvalue weighted by atomic mass is 19.1. The number of amides is 1. The first kappa shape index (κ1) is 19.1. The van der Waals surface area contributed by atoms with Gasteiger partial charge in [0.2, 0.25) is 5.91 Å². The van der Waals surface area contributed by atoms with Crippen LogP contribution in [0.5, 0.6) is 0 Å². The summed E-state index contributed by atoms with van der Waals surface area (Å²) in [6.07, 6.45) is 1.38. The molecule has 3 aromatic rings. The summed E-state index contributed by atoms with van der Waals surface area (Å²) in [7, 11) is 0. The maximum absolute atomic E-state index is 14.2. The number of benzene rings is 2. The molecule has 0 saturated carbocycles. The van der Waals surface area contributed by atoms with Gasteiger partial charge in [0.15, 0.2) is 0 Å². The SMILES string of the molecule is O=C(CN1CCNCC1c1cccc(F)c1)Nc1cc(-n2cnnn2)ccc1F. The number of rotatable bonds is 5. The summed E-state index contributed by atoms with van der Waals surface area (Å²) in [5.41, 5.74) is 1.35. The number of piperazine rings is 1. The van der Waals surface area contributed by atoms with E-state index >= 15 is 0 Å². The Balaban J connectivity index is 1.48. The average Bonchev–Trinajstić information content (AvgIpc) is 3.25. The van der Waals surface area contributed by atoms with Crippen molar-refractivity contribution in [2.24, 2.45) is 0 Å². The van der Waals surface area contributed by atoms with E-state index in [9.17, 15) is 13.6 Å². The number of nitrogens with one attached hydrogen (secondary N) is 2. The fourth-order valence-corrected chi connectivity index (χ4v) is 3.38. The van der Waals surface area contributed by atoms with E-state index in [0.717, 1.165) is 5.56 Å². The zero-order chi connectivity index (χ0) is 20.2. The number of aromatic nitrogens is 4. The summed E-state index contributed by atoms with van der Waals surface area (Å²) >= 11 is 0. The van der Waals surface area contributed by atoms with Crippen molar-refractivity contribution in [3.05, 3.63) is 66.0 Å². The van der Waals surface area contributed by atoms with Gasteiger partial charge < -0.3 is 10.6 Å². The molecule has 150 valence electrons. The molecule has 10 heteroatoms. The molecule has 8 nitrogen and oxygen atoms in total. The standard InChI is InChI=1S/C19H19F2N7O/c20-14-3-1-2-13(8-14)18-10-22-6-7-27(18)11-19(29)24-17-9-15(4-5-16(17)21)28-12-23-25-26-28/h1-5,8-9,12,18,22H,6-7,10-11H2,(H,24,29). The Hall–Kier alpha value is -3.24. The van der Waals surface area contributed by atoms with Crippen molar-refractivity contribution in [2.75, 3.05) is 31.5 Å². The molecule has 1 aliphatic rings. The normalized spacial score (nSPS) is 17.2. The summed E-state index contributed by atoms with van der Waals surface area (Å²) in [6.45, 7) is 1.97. The molecule has 1 atom stereocenters. The Morgan fingerprint density at radius 3 is 2.93 bits per heavy atom. The van der Waals surface area contributed by atoms with Crippen LogP contribution in [-0.4, -0.2) is 57.2 Å². The Morgan fingerprint density at radius 1 is 1.24 bits per heavy atom. The van der Waals surface area contributed by atoms with Gasteiger partial charge in [-0.3, -0.25) is 9.69 Å². The molecule has 0 bridgehead atoms. The molecule has 1 fully saturated rings. The predicted molar refractivity (Wildman–Crippen MR) is 101 cm³/mol. The number of hydrogen-bond acceptors (Lipinski definition) is 6. The Kier molecular flexibility index (Phi) is 5.54. The molecular formula is C19H19F2N7O. The second-order valence-corrected chi connectivity index (χ2v) is 6.71. The van der Waals surface area contributed by atoms with E-state index < -0.39 is 5.82 Å². The number of carbonyl (C=O) groups is 1. The molecule has 0 radical (unpaired) electrons. The van der Waals surface area contributed by atoms with Crippen LogP contribution in [0.1, 0.15) is 11.6 Å². The lowest BCUT2D eigenvalue weighted by Gasteiger charge is -2.36. The molecule has 1 aromatic heterocycles. The van der Waals surface area contributed by atoms with Crippen LogP contribution in [0.25, 0.3) is 5.69 Å². The molecule has 29 heavy (non-hydrogen) atoms. The average molecular weight is 399 g/mol. The largest absolute Gasteiger partial charge is 0.322 e. The highest BCUT2D eigenvalue weighted by Gasteiger charge is 2.26. The second-order valence-electron chi connectivity index (χ2n) is 6.71. The van der Waals surface area contributed by atoms with Crippen LogP contribution in [0.15, 0.2) is 48.8 Å². The molecule has 1 unspecified atom stereocenters. The second kappa shape index (κ2) is 8.41. The van der Waals surface area contributed by atoms with Crippen LogP contribution in [-0.2, 0) is 4.79 Å². The maximum Gasteiger partial charge on any atom is 0.238 e. The lowest BCUT2D eigenvalue weighted by Crippen LogP contribution is -2.48. The first-order chi connectivity index (χ1) is 14.1. The number of halogens is 2. The molecule has 1 amide bonds. The first-order valence-electron chi connectivity index (χ1n) is 9.13. The van der Waals surface area contributed by atoms with E-state index in [4.69, 9.17) is 0 Å². The fourth-order valence-electron chi connectivity index (χ4n) is 3.38. The van der Waals surface area contributed by atoms with Gasteiger partial charge in [-0.15, -0.1) is 5.10 Å². The van der Waals surface area contributed by atoms with E-state index in [1.165, 1.54) is 41.3 Å². The molecule has 4 rings (SSSR count). The molecular weight excluding hydrogens is 380 g/mol. The van der Waals surface area contributed by atoms with E-state index in [-0.39, 0.29) is 30.0 Å². The van der Waals surface area contributed by atoms with Gasteiger partial charge in [-0.2, -0.15) is 0 Å². The smallest absolute Gasteiger partial charge is 0.238 e. The fraction of sp³-hybridized carbons (Fsp3) is 0.263. The van der Waals surface area contributed by atoms with Crippen LogP contribution in [0, 0.1) is 11.6 Å². The van der Waals surface area contributed by atoms with Crippen molar-refractivity contribution in [3.8, 4) is 5.69 Å². The van der Waals surface area contributed by atoms with E-state index in [0.29, 0.717) is 25.3 Å². The molecule has 0 aliphatic carbocycles.